The zero-order valence-corrected chi connectivity index (χ0v) is 11.8. The first-order valence-corrected chi connectivity index (χ1v) is 7.37. The van der Waals surface area contributed by atoms with Gasteiger partial charge in [-0.05, 0) is 50.3 Å². The van der Waals surface area contributed by atoms with Gasteiger partial charge in [-0.25, -0.2) is 0 Å². The number of aryl methyl sites for hydroxylation is 1. The average molecular weight is 246 g/mol. The second kappa shape index (κ2) is 6.89. The first-order chi connectivity index (χ1) is 8.74. The molecule has 1 heterocycles. The van der Waals surface area contributed by atoms with Gasteiger partial charge >= 0.3 is 0 Å². The van der Waals surface area contributed by atoms with E-state index in [0.717, 1.165) is 36.3 Å². The Morgan fingerprint density at radius 3 is 3.00 bits per heavy atom. The fraction of sp³-hybridized carbons (Fsp3) is 0.688. The van der Waals surface area contributed by atoms with Gasteiger partial charge in [-0.2, -0.15) is 0 Å². The first-order valence-electron chi connectivity index (χ1n) is 7.37. The molecule has 2 nitrogen and oxygen atoms in total. The summed E-state index contributed by atoms with van der Waals surface area (Å²) in [5.41, 5.74) is 2.27. The molecule has 0 aromatic carbocycles. The van der Waals surface area contributed by atoms with Gasteiger partial charge in [0.15, 0.2) is 0 Å². The lowest BCUT2D eigenvalue weighted by molar-refractivity contribution is 0.267. The minimum absolute atomic E-state index is 0.907. The highest BCUT2D eigenvalue weighted by atomic mass is 14.9. The van der Waals surface area contributed by atoms with Crippen molar-refractivity contribution in [3.05, 3.63) is 29.6 Å². The van der Waals surface area contributed by atoms with E-state index in [9.17, 15) is 0 Å². The second-order valence-corrected chi connectivity index (χ2v) is 5.87. The summed E-state index contributed by atoms with van der Waals surface area (Å²) in [5, 5.41) is 3.53. The number of hydrogen-bond donors (Lipinski definition) is 1. The third-order valence-electron chi connectivity index (χ3n) is 4.03. The van der Waals surface area contributed by atoms with Crippen LogP contribution in [0.1, 0.15) is 50.4 Å². The molecule has 0 radical (unpaired) electrons. The lowest BCUT2D eigenvalue weighted by atomic mass is 9.81. The van der Waals surface area contributed by atoms with Gasteiger partial charge in [0, 0.05) is 12.2 Å². The van der Waals surface area contributed by atoms with E-state index >= 15 is 0 Å². The minimum Gasteiger partial charge on any atom is -0.311 e. The van der Waals surface area contributed by atoms with Crippen LogP contribution < -0.4 is 5.32 Å². The smallest absolute Gasteiger partial charge is 0.0544 e. The Hall–Kier alpha value is -0.890. The van der Waals surface area contributed by atoms with Gasteiger partial charge in [-0.1, -0.05) is 32.3 Å². The summed E-state index contributed by atoms with van der Waals surface area (Å²) in [5.74, 6) is 1.90. The highest BCUT2D eigenvalue weighted by Crippen LogP contribution is 2.30. The average Bonchev–Trinajstić information content (AvgIpc) is 2.35. The molecule has 2 rings (SSSR count). The van der Waals surface area contributed by atoms with Crippen molar-refractivity contribution in [1.29, 1.82) is 0 Å². The Morgan fingerprint density at radius 1 is 1.33 bits per heavy atom. The molecule has 1 N–H and O–H groups in total. The predicted molar refractivity (Wildman–Crippen MR) is 76.4 cm³/mol. The van der Waals surface area contributed by atoms with Crippen LogP contribution >= 0.6 is 0 Å². The molecule has 2 heteroatoms. The topological polar surface area (TPSA) is 24.9 Å². The normalized spacial score (nSPS) is 24.1. The Bertz CT molecular complexity index is 362. The lowest BCUT2D eigenvalue weighted by Crippen LogP contribution is -2.21. The molecular weight excluding hydrogens is 220 g/mol. The fourth-order valence-corrected chi connectivity index (χ4v) is 3.04. The number of hydrogen-bond acceptors (Lipinski definition) is 2. The van der Waals surface area contributed by atoms with Crippen molar-refractivity contribution in [3.63, 3.8) is 0 Å². The Balaban J connectivity index is 1.64. The van der Waals surface area contributed by atoms with Crippen LogP contribution in [0.25, 0.3) is 0 Å². The van der Waals surface area contributed by atoms with Gasteiger partial charge in [0.2, 0.25) is 0 Å². The second-order valence-electron chi connectivity index (χ2n) is 5.87. The van der Waals surface area contributed by atoms with Gasteiger partial charge in [0.05, 0.1) is 5.69 Å². The zero-order valence-electron chi connectivity index (χ0n) is 11.8. The maximum Gasteiger partial charge on any atom is 0.0544 e. The molecule has 1 aliphatic carbocycles. The third kappa shape index (κ3) is 4.41. The summed E-state index contributed by atoms with van der Waals surface area (Å²) in [7, 11) is 0. The zero-order chi connectivity index (χ0) is 12.8. The Kier molecular flexibility index (Phi) is 5.18. The molecule has 1 aromatic rings. The van der Waals surface area contributed by atoms with Crippen molar-refractivity contribution in [2.24, 2.45) is 11.8 Å². The molecule has 2 atom stereocenters. The number of rotatable bonds is 5. The van der Waals surface area contributed by atoms with Crippen LogP contribution in [0.4, 0.5) is 0 Å². The van der Waals surface area contributed by atoms with E-state index in [1.165, 1.54) is 32.1 Å². The van der Waals surface area contributed by atoms with Crippen molar-refractivity contribution < 1.29 is 0 Å². The van der Waals surface area contributed by atoms with Crippen molar-refractivity contribution in [2.75, 3.05) is 6.54 Å². The highest BCUT2D eigenvalue weighted by molar-refractivity contribution is 5.09. The quantitative estimate of drug-likeness (QED) is 0.801. The largest absolute Gasteiger partial charge is 0.311 e. The number of aromatic nitrogens is 1. The van der Waals surface area contributed by atoms with Crippen molar-refractivity contribution in [3.8, 4) is 0 Å². The van der Waals surface area contributed by atoms with E-state index in [2.05, 4.69) is 29.4 Å². The molecule has 18 heavy (non-hydrogen) atoms. The summed E-state index contributed by atoms with van der Waals surface area (Å²) in [6.07, 6.45) is 7.08. The van der Waals surface area contributed by atoms with Crippen LogP contribution in [-0.2, 0) is 6.54 Å². The van der Waals surface area contributed by atoms with Crippen LogP contribution in [0.2, 0.25) is 0 Å². The van der Waals surface area contributed by atoms with Gasteiger partial charge < -0.3 is 5.32 Å². The van der Waals surface area contributed by atoms with Crippen LogP contribution in [0.5, 0.6) is 0 Å². The number of pyridine rings is 1. The lowest BCUT2D eigenvalue weighted by Gasteiger charge is -2.26. The van der Waals surface area contributed by atoms with Crippen molar-refractivity contribution >= 4 is 0 Å². The predicted octanol–water partition coefficient (Wildman–Crippen LogP) is 3.70. The molecule has 1 saturated carbocycles. The SMILES string of the molecule is Cc1cccc(CNCCC2CCCC(C)C2)n1. The van der Waals surface area contributed by atoms with E-state index in [-0.39, 0.29) is 0 Å². The third-order valence-corrected chi connectivity index (χ3v) is 4.03. The molecule has 0 spiro atoms. The summed E-state index contributed by atoms with van der Waals surface area (Å²) < 4.78 is 0. The van der Waals surface area contributed by atoms with Crippen LogP contribution in [-0.4, -0.2) is 11.5 Å². The number of nitrogens with one attached hydrogen (secondary N) is 1. The van der Waals surface area contributed by atoms with Crippen LogP contribution in [0.3, 0.4) is 0 Å². The van der Waals surface area contributed by atoms with E-state index < -0.39 is 0 Å². The molecule has 0 amide bonds. The van der Waals surface area contributed by atoms with Crippen molar-refractivity contribution in [2.45, 2.75) is 52.5 Å². The monoisotopic (exact) mass is 246 g/mol. The van der Waals surface area contributed by atoms with Crippen molar-refractivity contribution in [1.82, 2.24) is 10.3 Å². The summed E-state index contributed by atoms with van der Waals surface area (Å²) in [6, 6.07) is 6.23. The summed E-state index contributed by atoms with van der Waals surface area (Å²) in [6.45, 7) is 6.49. The van der Waals surface area contributed by atoms with Crippen LogP contribution in [0.15, 0.2) is 18.2 Å². The molecule has 2 unspecified atom stereocenters. The Labute approximate surface area is 111 Å². The molecule has 1 aromatic heterocycles. The van der Waals surface area contributed by atoms with E-state index in [1.807, 2.05) is 13.0 Å². The molecule has 100 valence electrons. The first kappa shape index (κ1) is 13.5. The van der Waals surface area contributed by atoms with E-state index in [4.69, 9.17) is 0 Å². The number of nitrogens with zero attached hydrogens (tertiary/aromatic N) is 1. The van der Waals surface area contributed by atoms with Gasteiger partial charge in [-0.3, -0.25) is 4.98 Å². The Morgan fingerprint density at radius 2 is 2.22 bits per heavy atom. The summed E-state index contributed by atoms with van der Waals surface area (Å²) in [4.78, 5) is 4.51. The van der Waals surface area contributed by atoms with Gasteiger partial charge in [0.1, 0.15) is 0 Å². The maximum absolute atomic E-state index is 4.51. The molecular formula is C16H26N2. The summed E-state index contributed by atoms with van der Waals surface area (Å²) >= 11 is 0. The molecule has 0 saturated heterocycles. The molecule has 0 aliphatic heterocycles. The molecule has 1 fully saturated rings. The van der Waals surface area contributed by atoms with Gasteiger partial charge in [0.25, 0.3) is 0 Å². The highest BCUT2D eigenvalue weighted by Gasteiger charge is 2.17. The maximum atomic E-state index is 4.51. The molecule has 0 bridgehead atoms. The van der Waals surface area contributed by atoms with E-state index in [1.54, 1.807) is 0 Å². The fourth-order valence-electron chi connectivity index (χ4n) is 3.04. The minimum atomic E-state index is 0.907. The molecule has 1 aliphatic rings. The standard InChI is InChI=1S/C16H26N2/c1-13-5-3-7-15(11-13)9-10-17-12-16-8-4-6-14(2)18-16/h4,6,8,13,15,17H,3,5,7,9-12H2,1-2H3. The van der Waals surface area contributed by atoms with Gasteiger partial charge in [-0.15, -0.1) is 0 Å². The van der Waals surface area contributed by atoms with E-state index in [0.29, 0.717) is 0 Å². The van der Waals surface area contributed by atoms with Crippen LogP contribution in [0, 0.1) is 18.8 Å².